The zero-order valence-electron chi connectivity index (χ0n) is 16.6. The Hall–Kier alpha value is -2.12. The lowest BCUT2D eigenvalue weighted by molar-refractivity contribution is -0.123. The Morgan fingerprint density at radius 1 is 1.39 bits per heavy atom. The Morgan fingerprint density at radius 3 is 2.89 bits per heavy atom. The minimum Gasteiger partial charge on any atom is -0.496 e. The molecule has 1 saturated heterocycles. The van der Waals surface area contributed by atoms with Crippen LogP contribution in [-0.2, 0) is 4.79 Å². The molecule has 3 atom stereocenters. The van der Waals surface area contributed by atoms with Gasteiger partial charge in [0.05, 0.1) is 12.7 Å². The van der Waals surface area contributed by atoms with Crippen molar-refractivity contribution >= 4 is 18.3 Å². The molecule has 1 aliphatic rings. The summed E-state index contributed by atoms with van der Waals surface area (Å²) in [4.78, 5) is 16.8. The number of benzene rings is 1. The number of hydrogen-bond acceptors (Lipinski definition) is 6. The zero-order valence-corrected chi connectivity index (χ0v) is 17.4. The zero-order chi connectivity index (χ0) is 19.2. The molecule has 1 fully saturated rings. The second kappa shape index (κ2) is 10.4. The lowest BCUT2D eigenvalue weighted by Gasteiger charge is -2.28. The summed E-state index contributed by atoms with van der Waals surface area (Å²) in [5, 5.41) is 10.4. The highest BCUT2D eigenvalue weighted by Gasteiger charge is 2.24. The van der Waals surface area contributed by atoms with Gasteiger partial charge in [-0.2, -0.15) is 4.98 Å². The molecule has 3 unspecified atom stereocenters. The van der Waals surface area contributed by atoms with Crippen molar-refractivity contribution in [3.63, 3.8) is 0 Å². The topological polar surface area (TPSA) is 89.3 Å². The maximum absolute atomic E-state index is 12.4. The summed E-state index contributed by atoms with van der Waals surface area (Å²) >= 11 is 0. The molecule has 0 bridgehead atoms. The van der Waals surface area contributed by atoms with Crippen LogP contribution in [0.4, 0.5) is 0 Å². The molecule has 0 saturated carbocycles. The monoisotopic (exact) mass is 408 g/mol. The Balaban J connectivity index is 0.00000280. The number of ether oxygens (including phenoxy) is 1. The smallest absolute Gasteiger partial charge is 0.249 e. The van der Waals surface area contributed by atoms with E-state index in [2.05, 4.69) is 27.7 Å². The number of halogens is 1. The van der Waals surface area contributed by atoms with Crippen LogP contribution in [0, 0.1) is 11.8 Å². The SMILES string of the molecule is COc1ccccc1-c1noc(C(C)NC(=O)CC(C)C2CCCNC2)n1.Cl. The van der Waals surface area contributed by atoms with Gasteiger partial charge in [-0.3, -0.25) is 4.79 Å². The molecule has 1 aromatic heterocycles. The van der Waals surface area contributed by atoms with Crippen LogP contribution < -0.4 is 15.4 Å². The van der Waals surface area contributed by atoms with Gasteiger partial charge in [-0.15, -0.1) is 12.4 Å². The molecule has 3 rings (SSSR count). The van der Waals surface area contributed by atoms with Crippen molar-refractivity contribution in [2.45, 2.75) is 39.2 Å². The number of methoxy groups -OCH3 is 1. The molecule has 2 N–H and O–H groups in total. The molecule has 7 nitrogen and oxygen atoms in total. The van der Waals surface area contributed by atoms with Gasteiger partial charge >= 0.3 is 0 Å². The van der Waals surface area contributed by atoms with Crippen molar-refractivity contribution in [3.8, 4) is 17.1 Å². The Labute approximate surface area is 172 Å². The molecule has 8 heteroatoms. The molecular formula is C20H29ClN4O3. The van der Waals surface area contributed by atoms with Crippen molar-refractivity contribution in [1.82, 2.24) is 20.8 Å². The second-order valence-electron chi connectivity index (χ2n) is 7.23. The first kappa shape index (κ1) is 22.2. The van der Waals surface area contributed by atoms with Gasteiger partial charge in [0.15, 0.2) is 0 Å². The normalized spacial score (nSPS) is 18.6. The number of rotatable bonds is 7. The van der Waals surface area contributed by atoms with Gasteiger partial charge in [0.25, 0.3) is 0 Å². The number of piperidine rings is 1. The van der Waals surface area contributed by atoms with Gasteiger partial charge in [0.1, 0.15) is 11.8 Å². The molecule has 1 amide bonds. The van der Waals surface area contributed by atoms with Gasteiger partial charge in [0, 0.05) is 6.42 Å². The van der Waals surface area contributed by atoms with Crippen LogP contribution in [0.3, 0.4) is 0 Å². The molecule has 1 aromatic carbocycles. The number of hydrogen-bond donors (Lipinski definition) is 2. The number of nitrogens with zero attached hydrogens (tertiary/aromatic N) is 2. The number of amides is 1. The maximum atomic E-state index is 12.4. The van der Waals surface area contributed by atoms with E-state index in [1.54, 1.807) is 7.11 Å². The summed E-state index contributed by atoms with van der Waals surface area (Å²) in [5.41, 5.74) is 0.756. The van der Waals surface area contributed by atoms with Crippen LogP contribution in [0.1, 0.15) is 45.0 Å². The van der Waals surface area contributed by atoms with E-state index in [4.69, 9.17) is 9.26 Å². The van der Waals surface area contributed by atoms with Crippen LogP contribution >= 0.6 is 12.4 Å². The highest BCUT2D eigenvalue weighted by Crippen LogP contribution is 2.28. The fourth-order valence-corrected chi connectivity index (χ4v) is 3.54. The van der Waals surface area contributed by atoms with E-state index in [1.807, 2.05) is 31.2 Å². The lowest BCUT2D eigenvalue weighted by atomic mass is 9.85. The summed E-state index contributed by atoms with van der Waals surface area (Å²) in [6.07, 6.45) is 2.87. The molecule has 28 heavy (non-hydrogen) atoms. The van der Waals surface area contributed by atoms with Crippen LogP contribution in [0.2, 0.25) is 0 Å². The maximum Gasteiger partial charge on any atom is 0.249 e. The third kappa shape index (κ3) is 5.45. The summed E-state index contributed by atoms with van der Waals surface area (Å²) < 4.78 is 10.7. The third-order valence-corrected chi connectivity index (χ3v) is 5.18. The number of carbonyl (C=O) groups is 1. The highest BCUT2D eigenvalue weighted by molar-refractivity contribution is 5.85. The quantitative estimate of drug-likeness (QED) is 0.730. The summed E-state index contributed by atoms with van der Waals surface area (Å²) in [7, 11) is 1.60. The van der Waals surface area contributed by atoms with Crippen LogP contribution in [0.25, 0.3) is 11.4 Å². The van der Waals surface area contributed by atoms with Crippen molar-refractivity contribution in [2.75, 3.05) is 20.2 Å². The molecule has 0 radical (unpaired) electrons. The van der Waals surface area contributed by atoms with E-state index >= 15 is 0 Å². The predicted octanol–water partition coefficient (Wildman–Crippen LogP) is 3.37. The Kier molecular flexibility index (Phi) is 8.26. The van der Waals surface area contributed by atoms with Crippen molar-refractivity contribution < 1.29 is 14.1 Å². The summed E-state index contributed by atoms with van der Waals surface area (Å²) in [6, 6.07) is 7.15. The van der Waals surface area contributed by atoms with Gasteiger partial charge in [-0.1, -0.05) is 24.2 Å². The van der Waals surface area contributed by atoms with Crippen LogP contribution in [0.5, 0.6) is 5.75 Å². The standard InChI is InChI=1S/C20H28N4O3.ClH/c1-13(15-7-6-10-21-12-15)11-18(25)22-14(2)20-23-19(24-27-20)16-8-4-5-9-17(16)26-3;/h4-5,8-9,13-15,21H,6-7,10-12H2,1-3H3,(H,22,25);1H. The largest absolute Gasteiger partial charge is 0.496 e. The van der Waals surface area contributed by atoms with E-state index in [0.29, 0.717) is 35.7 Å². The second-order valence-corrected chi connectivity index (χ2v) is 7.23. The summed E-state index contributed by atoms with van der Waals surface area (Å²) in [5.74, 6) is 2.42. The first-order chi connectivity index (χ1) is 13.1. The van der Waals surface area contributed by atoms with E-state index in [-0.39, 0.29) is 24.4 Å². The van der Waals surface area contributed by atoms with Crippen molar-refractivity contribution in [3.05, 3.63) is 30.2 Å². The van der Waals surface area contributed by atoms with E-state index in [1.165, 1.54) is 12.8 Å². The van der Waals surface area contributed by atoms with E-state index < -0.39 is 0 Å². The average molecular weight is 409 g/mol. The van der Waals surface area contributed by atoms with E-state index in [9.17, 15) is 4.79 Å². The first-order valence-corrected chi connectivity index (χ1v) is 9.55. The molecule has 1 aliphatic heterocycles. The molecular weight excluding hydrogens is 380 g/mol. The Bertz CT molecular complexity index is 761. The average Bonchev–Trinajstić information content (AvgIpc) is 3.18. The van der Waals surface area contributed by atoms with Crippen LogP contribution in [0.15, 0.2) is 28.8 Å². The van der Waals surface area contributed by atoms with Crippen molar-refractivity contribution in [1.29, 1.82) is 0 Å². The van der Waals surface area contributed by atoms with Crippen LogP contribution in [-0.4, -0.2) is 36.2 Å². The molecule has 0 spiro atoms. The molecule has 2 aromatic rings. The number of nitrogens with one attached hydrogen (secondary N) is 2. The predicted molar refractivity (Wildman–Crippen MR) is 109 cm³/mol. The lowest BCUT2D eigenvalue weighted by Crippen LogP contribution is -2.36. The molecule has 2 heterocycles. The minimum atomic E-state index is -0.342. The summed E-state index contributed by atoms with van der Waals surface area (Å²) in [6.45, 7) is 6.08. The fourth-order valence-electron chi connectivity index (χ4n) is 3.54. The van der Waals surface area contributed by atoms with Gasteiger partial charge in [-0.25, -0.2) is 0 Å². The van der Waals surface area contributed by atoms with Crippen molar-refractivity contribution in [2.24, 2.45) is 11.8 Å². The molecule has 154 valence electrons. The fraction of sp³-hybridized carbons (Fsp3) is 0.550. The van der Waals surface area contributed by atoms with Gasteiger partial charge in [-0.05, 0) is 56.8 Å². The third-order valence-electron chi connectivity index (χ3n) is 5.18. The number of aromatic nitrogens is 2. The highest BCUT2D eigenvalue weighted by atomic mass is 35.5. The van der Waals surface area contributed by atoms with E-state index in [0.717, 1.165) is 18.7 Å². The first-order valence-electron chi connectivity index (χ1n) is 9.55. The van der Waals surface area contributed by atoms with Gasteiger partial charge in [0.2, 0.25) is 17.6 Å². The Morgan fingerprint density at radius 2 is 2.18 bits per heavy atom. The van der Waals surface area contributed by atoms with Gasteiger partial charge < -0.3 is 19.9 Å². The minimum absolute atomic E-state index is 0. The number of para-hydroxylation sites is 1. The molecule has 0 aliphatic carbocycles. The number of carbonyl (C=O) groups excluding carboxylic acids is 1.